The SMILES string of the molecule is CC.CC#CCOc1cc([C-](C)C)ccc1[C-](C)C.[W].[Y]. The molecular weight excluding hydrogens is 505 g/mol. The first-order valence-electron chi connectivity index (χ1n) is 6.83. The molecule has 1 rings (SSSR count). The molecule has 0 amide bonds. The zero-order valence-electron chi connectivity index (χ0n) is 14.3. The van der Waals surface area contributed by atoms with Crippen LogP contribution in [0.2, 0.25) is 0 Å². The van der Waals surface area contributed by atoms with Gasteiger partial charge in [-0.3, -0.25) is 0 Å². The summed E-state index contributed by atoms with van der Waals surface area (Å²) in [6, 6.07) is 6.34. The molecule has 0 aliphatic heterocycles. The van der Waals surface area contributed by atoms with E-state index in [0.29, 0.717) is 6.61 Å². The number of hydrogen-bond acceptors (Lipinski definition) is 1. The Labute approximate surface area is 171 Å². The quantitative estimate of drug-likeness (QED) is 0.392. The van der Waals surface area contributed by atoms with Gasteiger partial charge in [0.1, 0.15) is 6.61 Å². The molecule has 3 heteroatoms. The van der Waals surface area contributed by atoms with Crippen LogP contribution in [0.3, 0.4) is 0 Å². The number of hydrogen-bond donors (Lipinski definition) is 0. The Balaban J connectivity index is -0.000000774. The Bertz CT molecular complexity index is 431. The van der Waals surface area contributed by atoms with Crippen LogP contribution in [0.5, 0.6) is 5.75 Å². The van der Waals surface area contributed by atoms with Crippen LogP contribution >= 0.6 is 0 Å². The molecule has 0 unspecified atom stereocenters. The third-order valence-corrected chi connectivity index (χ3v) is 2.57. The van der Waals surface area contributed by atoms with Gasteiger partial charge in [0, 0.05) is 53.8 Å². The van der Waals surface area contributed by atoms with E-state index in [2.05, 4.69) is 57.7 Å². The van der Waals surface area contributed by atoms with Crippen molar-refractivity contribution >= 4 is 0 Å². The van der Waals surface area contributed by atoms with Crippen molar-refractivity contribution in [3.8, 4) is 17.6 Å². The maximum Gasteiger partial charge on any atom is 0.132 e. The van der Waals surface area contributed by atoms with Crippen LogP contribution in [-0.2, 0) is 53.8 Å². The summed E-state index contributed by atoms with van der Waals surface area (Å²) in [6.07, 6.45) is 0. The van der Waals surface area contributed by atoms with Crippen molar-refractivity contribution in [3.05, 3.63) is 41.2 Å². The van der Waals surface area contributed by atoms with E-state index in [1.807, 2.05) is 20.8 Å². The van der Waals surface area contributed by atoms with Gasteiger partial charge in [0.2, 0.25) is 0 Å². The smallest absolute Gasteiger partial charge is 0.132 e. The summed E-state index contributed by atoms with van der Waals surface area (Å²) in [5.41, 5.74) is 2.38. The van der Waals surface area contributed by atoms with E-state index in [4.69, 9.17) is 4.74 Å². The Morgan fingerprint density at radius 1 is 1.05 bits per heavy atom. The van der Waals surface area contributed by atoms with Gasteiger partial charge in [0.25, 0.3) is 0 Å². The summed E-state index contributed by atoms with van der Waals surface area (Å²) in [5.74, 6) is 9.23. The van der Waals surface area contributed by atoms with Crippen molar-refractivity contribution in [1.29, 1.82) is 0 Å². The molecule has 1 aromatic carbocycles. The fraction of sp³-hybridized carbons (Fsp3) is 0.444. The molecule has 0 spiro atoms. The second kappa shape index (κ2) is 15.0. The Morgan fingerprint density at radius 3 is 2.05 bits per heavy atom. The second-order valence-corrected chi connectivity index (χ2v) is 4.43. The van der Waals surface area contributed by atoms with Gasteiger partial charge in [-0.1, -0.05) is 47.5 Å². The summed E-state index contributed by atoms with van der Waals surface area (Å²) in [4.78, 5) is 0. The minimum atomic E-state index is 0. The predicted molar refractivity (Wildman–Crippen MR) is 84.1 cm³/mol. The summed E-state index contributed by atoms with van der Waals surface area (Å²) in [7, 11) is 0. The molecule has 21 heavy (non-hydrogen) atoms. The van der Waals surface area contributed by atoms with Crippen molar-refractivity contribution in [2.24, 2.45) is 0 Å². The van der Waals surface area contributed by atoms with Crippen molar-refractivity contribution in [2.75, 3.05) is 6.61 Å². The van der Waals surface area contributed by atoms with E-state index in [1.165, 1.54) is 17.4 Å². The maximum atomic E-state index is 5.72. The average molecular weight is 531 g/mol. The van der Waals surface area contributed by atoms with Gasteiger partial charge in [-0.15, -0.1) is 5.92 Å². The van der Waals surface area contributed by atoms with Crippen LogP contribution in [0.4, 0.5) is 0 Å². The molecule has 0 saturated heterocycles. The molecule has 0 N–H and O–H groups in total. The summed E-state index contributed by atoms with van der Waals surface area (Å²) >= 11 is 0. The van der Waals surface area contributed by atoms with Gasteiger partial charge in [0.05, 0.1) is 0 Å². The van der Waals surface area contributed by atoms with Crippen LogP contribution in [0, 0.1) is 23.7 Å². The van der Waals surface area contributed by atoms with Crippen LogP contribution in [0.15, 0.2) is 18.2 Å². The molecule has 0 heterocycles. The number of ether oxygens (including phenoxy) is 1. The topological polar surface area (TPSA) is 9.23 Å². The molecule has 0 atom stereocenters. The van der Waals surface area contributed by atoms with Crippen molar-refractivity contribution < 1.29 is 58.5 Å². The fourth-order valence-electron chi connectivity index (χ4n) is 1.55. The molecular formula is C18H26OWY-2. The molecule has 0 bridgehead atoms. The van der Waals surface area contributed by atoms with Crippen molar-refractivity contribution in [3.63, 3.8) is 0 Å². The predicted octanol–water partition coefficient (Wildman–Crippen LogP) is 5.03. The molecule has 0 fully saturated rings. The number of benzene rings is 1. The van der Waals surface area contributed by atoms with E-state index in [9.17, 15) is 0 Å². The van der Waals surface area contributed by atoms with Crippen molar-refractivity contribution in [2.45, 2.75) is 48.5 Å². The maximum absolute atomic E-state index is 5.72. The Kier molecular flexibility index (Phi) is 18.6. The standard InChI is InChI=1S/C16H20O.C2H6.W.Y/c1-6-7-10-17-16-11-14(12(2)3)8-9-15(16)13(4)5;1-2;;/h8-9,11H,10H2,1-5H3;1-2H3;;/q-2;;;. The summed E-state index contributed by atoms with van der Waals surface area (Å²) in [6.45, 7) is 14.7. The van der Waals surface area contributed by atoms with E-state index in [0.717, 1.165) is 11.3 Å². The molecule has 1 aromatic rings. The molecule has 1 radical (unpaired) electrons. The van der Waals surface area contributed by atoms with Crippen LogP contribution in [-0.4, -0.2) is 6.61 Å². The van der Waals surface area contributed by atoms with Gasteiger partial charge in [-0.25, -0.2) is 17.7 Å². The van der Waals surface area contributed by atoms with Gasteiger partial charge < -0.3 is 4.74 Å². The molecule has 0 aliphatic carbocycles. The summed E-state index contributed by atoms with van der Waals surface area (Å²) < 4.78 is 5.72. The molecule has 115 valence electrons. The van der Waals surface area contributed by atoms with Gasteiger partial charge in [0.15, 0.2) is 0 Å². The minimum absolute atomic E-state index is 0. The second-order valence-electron chi connectivity index (χ2n) is 4.43. The van der Waals surface area contributed by atoms with E-state index in [-0.39, 0.29) is 53.8 Å². The zero-order valence-corrected chi connectivity index (χ0v) is 20.1. The van der Waals surface area contributed by atoms with E-state index in [1.54, 1.807) is 0 Å². The molecule has 0 saturated carbocycles. The van der Waals surface area contributed by atoms with E-state index >= 15 is 0 Å². The van der Waals surface area contributed by atoms with Crippen molar-refractivity contribution in [1.82, 2.24) is 0 Å². The molecule has 0 aliphatic rings. The van der Waals surface area contributed by atoms with Gasteiger partial charge >= 0.3 is 0 Å². The third kappa shape index (κ3) is 9.68. The summed E-state index contributed by atoms with van der Waals surface area (Å²) in [5, 5.41) is 0. The normalized spacial score (nSPS) is 7.76. The third-order valence-electron chi connectivity index (χ3n) is 2.57. The molecule has 0 aromatic heterocycles. The first-order valence-corrected chi connectivity index (χ1v) is 6.83. The average Bonchev–Trinajstić information content (AvgIpc) is 2.41. The van der Waals surface area contributed by atoms with Crippen LogP contribution in [0.1, 0.15) is 59.6 Å². The zero-order chi connectivity index (χ0) is 14.8. The minimum Gasteiger partial charge on any atom is -0.552 e. The first-order chi connectivity index (χ1) is 9.06. The monoisotopic (exact) mass is 531 g/mol. The van der Waals surface area contributed by atoms with Gasteiger partial charge in [-0.2, -0.15) is 23.5 Å². The van der Waals surface area contributed by atoms with Crippen LogP contribution < -0.4 is 4.74 Å². The van der Waals surface area contributed by atoms with E-state index < -0.39 is 0 Å². The Hall–Kier alpha value is 0.112. The molecule has 1 nitrogen and oxygen atoms in total. The largest absolute Gasteiger partial charge is 0.552 e. The van der Waals surface area contributed by atoms with Crippen LogP contribution in [0.25, 0.3) is 0 Å². The Morgan fingerprint density at radius 2 is 1.62 bits per heavy atom. The first kappa shape index (κ1) is 26.0. The fourth-order valence-corrected chi connectivity index (χ4v) is 1.55. The van der Waals surface area contributed by atoms with Gasteiger partial charge in [-0.05, 0) is 12.7 Å². The number of rotatable bonds is 4.